The second-order valence-corrected chi connectivity index (χ2v) is 5.38. The molecule has 0 saturated heterocycles. The van der Waals surface area contributed by atoms with Gasteiger partial charge in [0.15, 0.2) is 0 Å². The van der Waals surface area contributed by atoms with Crippen LogP contribution in [-0.2, 0) is 0 Å². The van der Waals surface area contributed by atoms with Crippen molar-refractivity contribution in [1.82, 2.24) is 4.90 Å². The molecule has 2 nitrogen and oxygen atoms in total. The van der Waals surface area contributed by atoms with Crippen molar-refractivity contribution in [3.63, 3.8) is 0 Å². The Hall–Kier alpha value is -0.860. The Bertz CT molecular complexity index is 345. The molecule has 1 fully saturated rings. The normalized spacial score (nSPS) is 18.9. The minimum absolute atomic E-state index is 0.142. The Balaban J connectivity index is 2.11. The first-order valence-corrected chi connectivity index (χ1v) is 7.34. The second kappa shape index (κ2) is 6.35. The first kappa shape index (κ1) is 13.6. The number of nitrogens with zero attached hydrogens (tertiary/aromatic N) is 1. The summed E-state index contributed by atoms with van der Waals surface area (Å²) in [6, 6.07) is 12.0. The highest BCUT2D eigenvalue weighted by molar-refractivity contribution is 5.20. The van der Waals surface area contributed by atoms with Gasteiger partial charge in [0, 0.05) is 18.1 Å². The van der Waals surface area contributed by atoms with E-state index in [1.165, 1.54) is 31.4 Å². The maximum absolute atomic E-state index is 6.50. The molecule has 2 unspecified atom stereocenters. The third-order valence-electron chi connectivity index (χ3n) is 3.94. The molecule has 2 N–H and O–H groups in total. The predicted molar refractivity (Wildman–Crippen MR) is 77.5 cm³/mol. The molecule has 0 aromatic heterocycles. The van der Waals surface area contributed by atoms with Crippen molar-refractivity contribution in [3.8, 4) is 0 Å². The van der Waals surface area contributed by atoms with E-state index in [1.54, 1.807) is 0 Å². The quantitative estimate of drug-likeness (QED) is 0.799. The van der Waals surface area contributed by atoms with E-state index in [1.807, 2.05) is 0 Å². The maximum atomic E-state index is 6.50. The summed E-state index contributed by atoms with van der Waals surface area (Å²) in [7, 11) is 0. The Morgan fingerprint density at radius 3 is 2.39 bits per heavy atom. The third kappa shape index (κ3) is 3.12. The number of hydrogen-bond acceptors (Lipinski definition) is 2. The lowest BCUT2D eigenvalue weighted by Crippen LogP contribution is -2.44. The average molecular weight is 246 g/mol. The van der Waals surface area contributed by atoms with Crippen molar-refractivity contribution in [3.05, 3.63) is 35.9 Å². The van der Waals surface area contributed by atoms with Crippen molar-refractivity contribution in [2.24, 2.45) is 5.73 Å². The molecule has 2 heteroatoms. The van der Waals surface area contributed by atoms with Crippen LogP contribution in [0.25, 0.3) is 0 Å². The Morgan fingerprint density at radius 1 is 1.22 bits per heavy atom. The van der Waals surface area contributed by atoms with Crippen molar-refractivity contribution in [1.29, 1.82) is 0 Å². The van der Waals surface area contributed by atoms with Crippen LogP contribution in [0.15, 0.2) is 30.3 Å². The Morgan fingerprint density at radius 2 is 1.89 bits per heavy atom. The summed E-state index contributed by atoms with van der Waals surface area (Å²) in [5.41, 5.74) is 7.77. The van der Waals surface area contributed by atoms with Crippen LogP contribution in [-0.4, -0.2) is 23.5 Å². The molecule has 2 atom stereocenters. The highest BCUT2D eigenvalue weighted by Crippen LogP contribution is 2.33. The van der Waals surface area contributed by atoms with Gasteiger partial charge in [-0.05, 0) is 37.8 Å². The molecule has 0 aliphatic heterocycles. The van der Waals surface area contributed by atoms with Crippen molar-refractivity contribution in [2.75, 3.05) is 6.54 Å². The molecule has 0 spiro atoms. The van der Waals surface area contributed by atoms with E-state index in [-0.39, 0.29) is 6.04 Å². The molecule has 0 heterocycles. The van der Waals surface area contributed by atoms with Crippen LogP contribution in [0, 0.1) is 0 Å². The van der Waals surface area contributed by atoms with Crippen molar-refractivity contribution in [2.45, 2.75) is 57.7 Å². The van der Waals surface area contributed by atoms with Gasteiger partial charge in [0.2, 0.25) is 0 Å². The van der Waals surface area contributed by atoms with Gasteiger partial charge < -0.3 is 5.73 Å². The largest absolute Gasteiger partial charge is 0.323 e. The zero-order valence-corrected chi connectivity index (χ0v) is 11.7. The van der Waals surface area contributed by atoms with Gasteiger partial charge in [-0.15, -0.1) is 0 Å². The molecule has 0 radical (unpaired) electrons. The van der Waals surface area contributed by atoms with E-state index in [2.05, 4.69) is 49.1 Å². The molecule has 1 aliphatic carbocycles. The standard InChI is InChI=1S/C16H26N2/c1-3-12-18(14-10-11-14)15(4-2)16(17)13-8-6-5-7-9-13/h5-9,14-16H,3-4,10-12,17H2,1-2H3. The molecule has 18 heavy (non-hydrogen) atoms. The zero-order chi connectivity index (χ0) is 13.0. The lowest BCUT2D eigenvalue weighted by atomic mass is 9.96. The molecular formula is C16H26N2. The zero-order valence-electron chi connectivity index (χ0n) is 11.7. The van der Waals surface area contributed by atoms with Gasteiger partial charge in [-0.25, -0.2) is 0 Å². The lowest BCUT2D eigenvalue weighted by Gasteiger charge is -2.35. The third-order valence-corrected chi connectivity index (χ3v) is 3.94. The lowest BCUT2D eigenvalue weighted by molar-refractivity contribution is 0.156. The van der Waals surface area contributed by atoms with Gasteiger partial charge >= 0.3 is 0 Å². The summed E-state index contributed by atoms with van der Waals surface area (Å²) >= 11 is 0. The Labute approximate surface area is 111 Å². The van der Waals surface area contributed by atoms with Crippen LogP contribution in [0.4, 0.5) is 0 Å². The monoisotopic (exact) mass is 246 g/mol. The molecule has 1 aliphatic rings. The second-order valence-electron chi connectivity index (χ2n) is 5.38. The first-order valence-electron chi connectivity index (χ1n) is 7.34. The summed E-state index contributed by atoms with van der Waals surface area (Å²) in [5.74, 6) is 0. The molecule has 1 aromatic rings. The fourth-order valence-electron chi connectivity index (χ4n) is 2.88. The topological polar surface area (TPSA) is 29.3 Å². The summed E-state index contributed by atoms with van der Waals surface area (Å²) < 4.78 is 0. The highest BCUT2D eigenvalue weighted by Gasteiger charge is 2.35. The van der Waals surface area contributed by atoms with Crippen LogP contribution >= 0.6 is 0 Å². The maximum Gasteiger partial charge on any atom is 0.0453 e. The van der Waals surface area contributed by atoms with Gasteiger partial charge in [-0.2, -0.15) is 0 Å². The summed E-state index contributed by atoms with van der Waals surface area (Å²) in [4.78, 5) is 2.65. The van der Waals surface area contributed by atoms with Gasteiger partial charge in [0.25, 0.3) is 0 Å². The number of hydrogen-bond donors (Lipinski definition) is 1. The molecule has 0 amide bonds. The summed E-state index contributed by atoms with van der Waals surface area (Å²) in [6.07, 6.45) is 5.07. The van der Waals surface area contributed by atoms with E-state index < -0.39 is 0 Å². The molecular weight excluding hydrogens is 220 g/mol. The highest BCUT2D eigenvalue weighted by atomic mass is 15.2. The van der Waals surface area contributed by atoms with Crippen LogP contribution in [0.3, 0.4) is 0 Å². The van der Waals surface area contributed by atoms with Gasteiger partial charge in [0.1, 0.15) is 0 Å². The van der Waals surface area contributed by atoms with Gasteiger partial charge in [0.05, 0.1) is 0 Å². The smallest absolute Gasteiger partial charge is 0.0453 e. The minimum atomic E-state index is 0.142. The van der Waals surface area contributed by atoms with Gasteiger partial charge in [-0.1, -0.05) is 44.2 Å². The number of rotatable bonds is 7. The van der Waals surface area contributed by atoms with Crippen LogP contribution < -0.4 is 5.73 Å². The summed E-state index contributed by atoms with van der Waals surface area (Å²) in [6.45, 7) is 5.71. The van der Waals surface area contributed by atoms with E-state index in [9.17, 15) is 0 Å². The van der Waals surface area contributed by atoms with E-state index in [0.717, 1.165) is 12.5 Å². The number of nitrogens with two attached hydrogens (primary N) is 1. The Kier molecular flexibility index (Phi) is 4.79. The van der Waals surface area contributed by atoms with Gasteiger partial charge in [-0.3, -0.25) is 4.90 Å². The minimum Gasteiger partial charge on any atom is -0.323 e. The van der Waals surface area contributed by atoms with Crippen LogP contribution in [0.2, 0.25) is 0 Å². The average Bonchev–Trinajstić information content (AvgIpc) is 3.23. The molecule has 1 aromatic carbocycles. The fraction of sp³-hybridized carbons (Fsp3) is 0.625. The summed E-state index contributed by atoms with van der Waals surface area (Å²) in [5, 5.41) is 0. The van der Waals surface area contributed by atoms with Crippen LogP contribution in [0.5, 0.6) is 0 Å². The first-order chi connectivity index (χ1) is 8.77. The number of benzene rings is 1. The molecule has 2 rings (SSSR count). The predicted octanol–water partition coefficient (Wildman–Crippen LogP) is 3.34. The van der Waals surface area contributed by atoms with E-state index in [0.29, 0.717) is 6.04 Å². The van der Waals surface area contributed by atoms with Crippen molar-refractivity contribution >= 4 is 0 Å². The molecule has 100 valence electrons. The fourth-order valence-corrected chi connectivity index (χ4v) is 2.88. The molecule has 0 bridgehead atoms. The molecule has 1 saturated carbocycles. The SMILES string of the molecule is CCCN(C1CC1)C(CC)C(N)c1ccccc1. The van der Waals surface area contributed by atoms with E-state index >= 15 is 0 Å². The van der Waals surface area contributed by atoms with E-state index in [4.69, 9.17) is 5.73 Å². The van der Waals surface area contributed by atoms with Crippen molar-refractivity contribution < 1.29 is 0 Å². The van der Waals surface area contributed by atoms with Crippen LogP contribution in [0.1, 0.15) is 51.1 Å².